The van der Waals surface area contributed by atoms with E-state index < -0.39 is 5.54 Å². The minimum atomic E-state index is -0.755. The summed E-state index contributed by atoms with van der Waals surface area (Å²) in [6.07, 6.45) is 2.24. The van der Waals surface area contributed by atoms with E-state index in [1.807, 2.05) is 13.8 Å². The Hall–Kier alpha value is -0.650. The second-order valence-corrected chi connectivity index (χ2v) is 5.99. The molecule has 20 heavy (non-hydrogen) atoms. The summed E-state index contributed by atoms with van der Waals surface area (Å²) in [7, 11) is 0. The number of esters is 1. The average Bonchev–Trinajstić information content (AvgIpc) is 3.17. The average molecular weight is 287 g/mol. The van der Waals surface area contributed by atoms with Crippen molar-refractivity contribution < 1.29 is 19.0 Å². The molecule has 1 unspecified atom stereocenters. The van der Waals surface area contributed by atoms with Gasteiger partial charge in [0.1, 0.15) is 5.54 Å². The van der Waals surface area contributed by atoms with E-state index in [1.54, 1.807) is 0 Å². The van der Waals surface area contributed by atoms with Crippen LogP contribution in [0, 0.1) is 5.92 Å². The highest BCUT2D eigenvalue weighted by Crippen LogP contribution is 2.23. The maximum atomic E-state index is 12.0. The lowest BCUT2D eigenvalue weighted by molar-refractivity contribution is -0.153. The molecule has 0 amide bonds. The molecule has 118 valence electrons. The van der Waals surface area contributed by atoms with Gasteiger partial charge >= 0.3 is 5.97 Å². The molecule has 0 aromatic carbocycles. The first-order valence-electron chi connectivity index (χ1n) is 7.58. The summed E-state index contributed by atoms with van der Waals surface area (Å²) >= 11 is 0. The minimum absolute atomic E-state index is 0.241. The van der Waals surface area contributed by atoms with Crippen LogP contribution in [0.25, 0.3) is 0 Å². The molecule has 0 bridgehead atoms. The molecule has 0 radical (unpaired) electrons. The molecular weight excluding hydrogens is 258 g/mol. The number of ether oxygens (including phenoxy) is 3. The highest BCUT2D eigenvalue weighted by molar-refractivity contribution is 5.80. The van der Waals surface area contributed by atoms with Crippen molar-refractivity contribution in [1.82, 2.24) is 5.32 Å². The normalized spacial score (nSPS) is 18.1. The van der Waals surface area contributed by atoms with Crippen LogP contribution in [0.5, 0.6) is 0 Å². The largest absolute Gasteiger partial charge is 0.465 e. The number of nitrogens with one attached hydrogen (secondary N) is 1. The Labute approximate surface area is 122 Å². The standard InChI is InChI=1S/C15H29NO4/c1-5-20-14(17)15(4,16-13-6-7-13)11-19-9-8-18-10-12(2)3/h12-13,16H,5-11H2,1-4H3. The first-order chi connectivity index (χ1) is 9.48. The fraction of sp³-hybridized carbons (Fsp3) is 0.933. The van der Waals surface area contributed by atoms with Crippen LogP contribution in [0.3, 0.4) is 0 Å². The molecule has 1 fully saturated rings. The first kappa shape index (κ1) is 17.4. The van der Waals surface area contributed by atoms with Crippen molar-refractivity contribution in [3.05, 3.63) is 0 Å². The number of hydrogen-bond donors (Lipinski definition) is 1. The van der Waals surface area contributed by atoms with E-state index >= 15 is 0 Å². The molecule has 0 aromatic rings. The van der Waals surface area contributed by atoms with Crippen molar-refractivity contribution in [1.29, 1.82) is 0 Å². The number of rotatable bonds is 11. The Morgan fingerprint density at radius 2 is 1.95 bits per heavy atom. The van der Waals surface area contributed by atoms with Crippen LogP contribution in [0.2, 0.25) is 0 Å². The predicted octanol–water partition coefficient (Wildman–Crippen LogP) is 1.75. The van der Waals surface area contributed by atoms with Gasteiger partial charge in [-0.3, -0.25) is 5.32 Å². The predicted molar refractivity (Wildman–Crippen MR) is 77.7 cm³/mol. The van der Waals surface area contributed by atoms with Gasteiger partial charge in [0.05, 0.1) is 26.4 Å². The highest BCUT2D eigenvalue weighted by atomic mass is 16.5. The Bertz CT molecular complexity index is 292. The van der Waals surface area contributed by atoms with Gasteiger partial charge in [0, 0.05) is 12.6 Å². The van der Waals surface area contributed by atoms with Crippen LogP contribution in [-0.2, 0) is 19.0 Å². The zero-order valence-corrected chi connectivity index (χ0v) is 13.2. The molecular formula is C15H29NO4. The first-order valence-corrected chi connectivity index (χ1v) is 7.58. The summed E-state index contributed by atoms with van der Waals surface area (Å²) in [6, 6.07) is 0.421. The van der Waals surface area contributed by atoms with E-state index in [0.717, 1.165) is 19.4 Å². The minimum Gasteiger partial charge on any atom is -0.465 e. The molecule has 0 aliphatic heterocycles. The second kappa shape index (κ2) is 8.60. The van der Waals surface area contributed by atoms with Crippen molar-refractivity contribution >= 4 is 5.97 Å². The Balaban J connectivity index is 2.27. The highest BCUT2D eigenvalue weighted by Gasteiger charge is 2.39. The van der Waals surface area contributed by atoms with E-state index in [2.05, 4.69) is 19.2 Å². The van der Waals surface area contributed by atoms with Gasteiger partial charge in [-0.05, 0) is 32.6 Å². The molecule has 5 heteroatoms. The van der Waals surface area contributed by atoms with Crippen LogP contribution >= 0.6 is 0 Å². The van der Waals surface area contributed by atoms with E-state index in [0.29, 0.717) is 38.4 Å². The quantitative estimate of drug-likeness (QED) is 0.463. The van der Waals surface area contributed by atoms with Crippen molar-refractivity contribution in [2.45, 2.75) is 52.1 Å². The Morgan fingerprint density at radius 3 is 2.50 bits per heavy atom. The van der Waals surface area contributed by atoms with Gasteiger partial charge in [-0.25, -0.2) is 4.79 Å². The molecule has 1 aliphatic rings. The van der Waals surface area contributed by atoms with Gasteiger partial charge < -0.3 is 14.2 Å². The van der Waals surface area contributed by atoms with E-state index in [9.17, 15) is 4.79 Å². The van der Waals surface area contributed by atoms with Crippen molar-refractivity contribution in [2.24, 2.45) is 5.92 Å². The van der Waals surface area contributed by atoms with Crippen LogP contribution in [0.15, 0.2) is 0 Å². The lowest BCUT2D eigenvalue weighted by Gasteiger charge is -2.28. The third kappa shape index (κ3) is 6.68. The summed E-state index contributed by atoms with van der Waals surface area (Å²) in [5.41, 5.74) is -0.755. The van der Waals surface area contributed by atoms with Gasteiger partial charge in [0.25, 0.3) is 0 Å². The van der Waals surface area contributed by atoms with Crippen LogP contribution < -0.4 is 5.32 Å². The Morgan fingerprint density at radius 1 is 1.30 bits per heavy atom. The van der Waals surface area contributed by atoms with Gasteiger partial charge in [-0.15, -0.1) is 0 Å². The SMILES string of the molecule is CCOC(=O)C(C)(COCCOCC(C)C)NC1CC1. The van der Waals surface area contributed by atoms with Gasteiger partial charge in [0.2, 0.25) is 0 Å². The van der Waals surface area contributed by atoms with Crippen LogP contribution in [0.4, 0.5) is 0 Å². The maximum absolute atomic E-state index is 12.0. The second-order valence-electron chi connectivity index (χ2n) is 5.99. The van der Waals surface area contributed by atoms with Gasteiger partial charge in [0.15, 0.2) is 0 Å². The van der Waals surface area contributed by atoms with E-state index in [1.165, 1.54) is 0 Å². The summed E-state index contributed by atoms with van der Waals surface area (Å²) in [4.78, 5) is 12.0. The monoisotopic (exact) mass is 287 g/mol. The summed E-state index contributed by atoms with van der Waals surface area (Å²) in [6.45, 7) is 10.4. The molecule has 0 heterocycles. The van der Waals surface area contributed by atoms with Gasteiger partial charge in [-0.1, -0.05) is 13.8 Å². The van der Waals surface area contributed by atoms with Crippen LogP contribution in [0.1, 0.15) is 40.5 Å². The van der Waals surface area contributed by atoms with E-state index in [4.69, 9.17) is 14.2 Å². The Kier molecular flexibility index (Phi) is 7.48. The molecule has 0 spiro atoms. The smallest absolute Gasteiger partial charge is 0.328 e. The van der Waals surface area contributed by atoms with Crippen molar-refractivity contribution in [2.75, 3.05) is 33.0 Å². The van der Waals surface area contributed by atoms with Crippen LogP contribution in [-0.4, -0.2) is 50.6 Å². The zero-order chi connectivity index (χ0) is 15.0. The zero-order valence-electron chi connectivity index (χ0n) is 13.2. The van der Waals surface area contributed by atoms with Crippen molar-refractivity contribution in [3.8, 4) is 0 Å². The molecule has 0 saturated heterocycles. The topological polar surface area (TPSA) is 56.8 Å². The summed E-state index contributed by atoms with van der Waals surface area (Å²) in [5.74, 6) is 0.284. The molecule has 1 saturated carbocycles. The molecule has 1 atom stereocenters. The molecule has 1 N–H and O–H groups in total. The number of carbonyl (C=O) groups excluding carboxylic acids is 1. The number of carbonyl (C=O) groups is 1. The fourth-order valence-electron chi connectivity index (χ4n) is 1.84. The third-order valence-corrected chi connectivity index (χ3v) is 3.04. The maximum Gasteiger partial charge on any atom is 0.328 e. The number of hydrogen-bond acceptors (Lipinski definition) is 5. The van der Waals surface area contributed by atoms with E-state index in [-0.39, 0.29) is 5.97 Å². The molecule has 0 aromatic heterocycles. The van der Waals surface area contributed by atoms with Crippen molar-refractivity contribution in [3.63, 3.8) is 0 Å². The summed E-state index contributed by atoms with van der Waals surface area (Å²) < 4.78 is 16.2. The lowest BCUT2D eigenvalue weighted by atomic mass is 10.0. The third-order valence-electron chi connectivity index (χ3n) is 3.04. The molecule has 5 nitrogen and oxygen atoms in total. The lowest BCUT2D eigenvalue weighted by Crippen LogP contribution is -2.55. The fourth-order valence-corrected chi connectivity index (χ4v) is 1.84. The molecule has 1 aliphatic carbocycles. The molecule has 1 rings (SSSR count). The summed E-state index contributed by atoms with van der Waals surface area (Å²) in [5, 5.41) is 3.32. The van der Waals surface area contributed by atoms with Gasteiger partial charge in [-0.2, -0.15) is 0 Å².